The number of hydrogen-bond acceptors (Lipinski definition) is 14. The highest BCUT2D eigenvalue weighted by molar-refractivity contribution is 7.33. The van der Waals surface area contributed by atoms with E-state index in [2.05, 4.69) is 22.8 Å². The van der Waals surface area contributed by atoms with Crippen LogP contribution < -0.4 is 10.6 Å². The fraction of sp³-hybridized carbons (Fsp3) is 0.220. The van der Waals surface area contributed by atoms with Crippen LogP contribution in [0.4, 0.5) is 15.3 Å². The SMILES string of the molecule is O=C(NC(CCO)C(=O)OCc1ccccc1)OCC1c2ccccc2-c2ccccc21.O=C(NC(CCO[P+](=O)OCc1ccc([N+](=O)[O-])cc1)C(=O)OCc1ccccc1)OCC1c2ccccc2-c2ccccc21. The molecule has 2 amide bonds. The second-order valence-electron chi connectivity index (χ2n) is 17.8. The minimum Gasteiger partial charge on any atom is -0.459 e. The number of non-ortho nitro benzene ring substituents is 1. The highest BCUT2D eigenvalue weighted by atomic mass is 31.1. The molecule has 0 saturated carbocycles. The molecule has 0 saturated heterocycles. The van der Waals surface area contributed by atoms with Gasteiger partial charge in [0.05, 0.1) is 4.92 Å². The molecule has 3 unspecified atom stereocenters. The zero-order chi connectivity index (χ0) is 53.9. The second kappa shape index (κ2) is 27.3. The van der Waals surface area contributed by atoms with Gasteiger partial charge < -0.3 is 34.7 Å². The zero-order valence-electron chi connectivity index (χ0n) is 41.6. The van der Waals surface area contributed by atoms with Crippen molar-refractivity contribution in [3.05, 3.63) is 231 Å². The molecule has 0 radical (unpaired) electrons. The van der Waals surface area contributed by atoms with Crippen molar-refractivity contribution in [1.29, 1.82) is 0 Å². The number of nitro benzene ring substituents is 1. The van der Waals surface area contributed by atoms with Gasteiger partial charge in [-0.1, -0.05) is 158 Å². The number of esters is 2. The largest absolute Gasteiger partial charge is 0.697 e. The van der Waals surface area contributed by atoms with Crippen LogP contribution in [0.1, 0.15) is 63.6 Å². The van der Waals surface area contributed by atoms with Gasteiger partial charge in [0.1, 0.15) is 51.7 Å². The molecule has 2 aliphatic rings. The predicted molar refractivity (Wildman–Crippen MR) is 284 cm³/mol. The lowest BCUT2D eigenvalue weighted by Gasteiger charge is -2.18. The number of amides is 2. The van der Waals surface area contributed by atoms with Crippen molar-refractivity contribution in [2.45, 2.75) is 56.6 Å². The summed E-state index contributed by atoms with van der Waals surface area (Å²) in [5, 5.41) is 25.2. The van der Waals surface area contributed by atoms with Crippen molar-refractivity contribution in [2.75, 3.05) is 26.4 Å². The molecule has 394 valence electrons. The molecule has 3 N–H and O–H groups in total. The summed E-state index contributed by atoms with van der Waals surface area (Å²) in [6, 6.07) is 53.8. The van der Waals surface area contributed by atoms with Crippen molar-refractivity contribution in [1.82, 2.24) is 10.6 Å². The van der Waals surface area contributed by atoms with Gasteiger partial charge in [-0.2, -0.15) is 0 Å². The Kier molecular flexibility index (Phi) is 19.4. The van der Waals surface area contributed by atoms with Crippen LogP contribution >= 0.6 is 8.25 Å². The lowest BCUT2D eigenvalue weighted by molar-refractivity contribution is -0.384. The molecule has 7 aromatic rings. The monoisotopic (exact) mass is 1060 g/mol. The third kappa shape index (κ3) is 14.8. The van der Waals surface area contributed by atoms with Gasteiger partial charge in [0.25, 0.3) is 5.69 Å². The number of carbonyl (C=O) groups excluding carboxylic acids is 4. The molecular weight excluding hydrogens is 1010 g/mol. The van der Waals surface area contributed by atoms with Crippen molar-refractivity contribution in [3.63, 3.8) is 0 Å². The van der Waals surface area contributed by atoms with Crippen LogP contribution in [0, 0.1) is 10.1 Å². The highest BCUT2D eigenvalue weighted by Gasteiger charge is 2.33. The van der Waals surface area contributed by atoms with Gasteiger partial charge in [-0.3, -0.25) is 10.1 Å². The van der Waals surface area contributed by atoms with Crippen LogP contribution in [0.2, 0.25) is 0 Å². The Balaban J connectivity index is 0.000000216. The van der Waals surface area contributed by atoms with E-state index in [9.17, 15) is 39.0 Å². The van der Waals surface area contributed by atoms with E-state index < -0.39 is 49.4 Å². The number of aliphatic hydroxyl groups excluding tert-OH is 1. The molecule has 0 heterocycles. The van der Waals surface area contributed by atoms with E-state index in [0.717, 1.165) is 55.6 Å². The Bertz CT molecular complexity index is 3070. The molecule has 77 heavy (non-hydrogen) atoms. The number of hydrogen-bond donors (Lipinski definition) is 3. The number of carbonyl (C=O) groups is 4. The van der Waals surface area contributed by atoms with Crippen LogP contribution in [0.5, 0.6) is 0 Å². The summed E-state index contributed by atoms with van der Waals surface area (Å²) >= 11 is 0. The summed E-state index contributed by atoms with van der Waals surface area (Å²) in [5.41, 5.74) is 10.9. The summed E-state index contributed by atoms with van der Waals surface area (Å²) in [6.45, 7) is -0.286. The van der Waals surface area contributed by atoms with Crippen LogP contribution in [0.15, 0.2) is 182 Å². The van der Waals surface area contributed by atoms with E-state index in [1.807, 2.05) is 133 Å². The molecule has 2 aliphatic carbocycles. The first-order valence-electron chi connectivity index (χ1n) is 24.8. The minimum absolute atomic E-state index is 0.00396. The molecule has 17 nitrogen and oxygen atoms in total. The summed E-state index contributed by atoms with van der Waals surface area (Å²) in [6.07, 6.45) is -1.56. The topological polar surface area (TPSA) is 228 Å². The number of rotatable bonds is 22. The molecule has 18 heteroatoms. The summed E-state index contributed by atoms with van der Waals surface area (Å²) in [5.74, 6) is -1.56. The van der Waals surface area contributed by atoms with Crippen molar-refractivity contribution in [3.8, 4) is 22.3 Å². The van der Waals surface area contributed by atoms with Crippen molar-refractivity contribution in [2.24, 2.45) is 0 Å². The lowest BCUT2D eigenvalue weighted by atomic mass is 9.98. The summed E-state index contributed by atoms with van der Waals surface area (Å²) in [4.78, 5) is 61.1. The smallest absolute Gasteiger partial charge is 0.459 e. The number of nitrogens with one attached hydrogen (secondary N) is 2. The Hall–Kier alpha value is -8.60. The molecule has 0 bridgehead atoms. The van der Waals surface area contributed by atoms with E-state index in [4.69, 9.17) is 28.0 Å². The lowest BCUT2D eigenvalue weighted by Crippen LogP contribution is -2.43. The Labute approximate surface area is 445 Å². The Morgan fingerprint density at radius 2 is 0.870 bits per heavy atom. The van der Waals surface area contributed by atoms with Crippen molar-refractivity contribution >= 4 is 38.1 Å². The Morgan fingerprint density at radius 3 is 1.27 bits per heavy atom. The molecule has 9 rings (SSSR count). The molecule has 0 spiro atoms. The van der Waals surface area contributed by atoms with Gasteiger partial charge in [0.15, 0.2) is 0 Å². The van der Waals surface area contributed by atoms with E-state index in [-0.39, 0.29) is 76.6 Å². The van der Waals surface area contributed by atoms with E-state index in [0.29, 0.717) is 5.56 Å². The maximum Gasteiger partial charge on any atom is 0.697 e. The highest BCUT2D eigenvalue weighted by Crippen LogP contribution is 2.46. The van der Waals surface area contributed by atoms with E-state index in [1.165, 1.54) is 24.3 Å². The predicted octanol–water partition coefficient (Wildman–Crippen LogP) is 10.8. The Morgan fingerprint density at radius 1 is 0.494 bits per heavy atom. The summed E-state index contributed by atoms with van der Waals surface area (Å²) < 4.78 is 44.6. The number of alkyl carbamates (subject to hydrolysis) is 2. The van der Waals surface area contributed by atoms with Crippen LogP contribution in [0.25, 0.3) is 22.3 Å². The number of aliphatic hydroxyl groups is 1. The molecule has 0 aromatic heterocycles. The van der Waals surface area contributed by atoms with Crippen LogP contribution in [0.3, 0.4) is 0 Å². The second-order valence-corrected chi connectivity index (χ2v) is 18.7. The molecule has 7 aromatic carbocycles. The van der Waals surface area contributed by atoms with E-state index >= 15 is 0 Å². The normalized spacial score (nSPS) is 12.9. The van der Waals surface area contributed by atoms with Gasteiger partial charge in [0.2, 0.25) is 0 Å². The zero-order valence-corrected chi connectivity index (χ0v) is 42.5. The number of nitrogens with zero attached hydrogens (tertiary/aromatic N) is 1. The maximum absolute atomic E-state index is 13.0. The van der Waals surface area contributed by atoms with Crippen LogP contribution in [-0.2, 0) is 62.0 Å². The first-order valence-corrected chi connectivity index (χ1v) is 25.9. The number of fused-ring (bicyclic) bond motifs is 6. The fourth-order valence-corrected chi connectivity index (χ4v) is 9.56. The molecule has 3 atom stereocenters. The molecular formula is C59H55N3O14P+. The number of benzene rings is 7. The quantitative estimate of drug-likeness (QED) is 0.0189. The molecule has 0 fully saturated rings. The standard InChI is InChI=1S/C33H29N2O9P.C26H25NO5/c36-32(41-20-23-8-2-1-3-9-23)31(18-19-43-45(40)44-21-24-14-16-25(17-15-24)35(38)39)34-33(37)42-22-30-28-12-6-4-10-26(28)27-11-5-7-13-29(27)30;28-15-14-24(25(29)31-16-18-8-2-1-3-9-18)27-26(30)32-17-23-21-12-6-4-10-19(21)20-11-5-7-13-22(20)23/h1-17,30-31H,18-22H2;1-13,23-24,28H,14-17H2,(H,27,30)/p+1. The number of nitro groups is 1. The third-order valence-electron chi connectivity index (χ3n) is 12.8. The number of ether oxygens (including phenoxy) is 4. The summed E-state index contributed by atoms with van der Waals surface area (Å²) in [7, 11) is -2.58. The van der Waals surface area contributed by atoms with Gasteiger partial charge in [-0.25, -0.2) is 19.2 Å². The average Bonchev–Trinajstić information content (AvgIpc) is 4.05. The fourth-order valence-electron chi connectivity index (χ4n) is 8.97. The maximum atomic E-state index is 13.0. The van der Waals surface area contributed by atoms with Gasteiger partial charge >= 0.3 is 32.4 Å². The average molecular weight is 1060 g/mol. The minimum atomic E-state index is -2.58. The first-order chi connectivity index (χ1) is 37.6. The van der Waals surface area contributed by atoms with Gasteiger partial charge in [-0.05, 0) is 73.3 Å². The van der Waals surface area contributed by atoms with E-state index in [1.54, 1.807) is 12.1 Å². The first kappa shape index (κ1) is 54.7. The third-order valence-corrected chi connectivity index (χ3v) is 13.5. The van der Waals surface area contributed by atoms with Crippen LogP contribution in [-0.4, -0.2) is 72.7 Å². The molecule has 0 aliphatic heterocycles. The van der Waals surface area contributed by atoms with Gasteiger partial charge in [-0.15, -0.1) is 9.05 Å². The van der Waals surface area contributed by atoms with Gasteiger partial charge in [0, 0.05) is 48.0 Å². The van der Waals surface area contributed by atoms with Crippen molar-refractivity contribution < 1.29 is 61.8 Å².